The number of carbonyl (C=O) groups excluding carboxylic acids is 1. The number of hydrogen-bond donors (Lipinski definition) is 2. The number of benzene rings is 2. The van der Waals surface area contributed by atoms with Gasteiger partial charge in [-0.15, -0.1) is 0 Å². The second-order valence-electron chi connectivity index (χ2n) is 4.09. The van der Waals surface area contributed by atoms with Gasteiger partial charge in [0.2, 0.25) is 0 Å². The molecular weight excluding hydrogens is 331 g/mol. The van der Waals surface area contributed by atoms with Crippen molar-refractivity contribution in [2.24, 2.45) is 0 Å². The lowest BCUT2D eigenvalue weighted by Gasteiger charge is -2.07. The van der Waals surface area contributed by atoms with Gasteiger partial charge in [0.15, 0.2) is 0 Å². The molecule has 3 nitrogen and oxygen atoms in total. The first-order chi connectivity index (χ1) is 10.1. The minimum Gasteiger partial charge on any atom is -0.314 e. The molecule has 0 heterocycles. The minimum atomic E-state index is -0.419. The summed E-state index contributed by atoms with van der Waals surface area (Å²) < 4.78 is 0. The molecule has 6 heteroatoms. The van der Waals surface area contributed by atoms with E-state index in [0.717, 1.165) is 5.56 Å². The molecule has 2 amide bonds. The van der Waals surface area contributed by atoms with E-state index in [0.29, 0.717) is 20.8 Å². The molecule has 2 rings (SSSR count). The largest absolute Gasteiger partial charge is 0.323 e. The molecule has 0 aliphatic rings. The summed E-state index contributed by atoms with van der Waals surface area (Å²) in [6.45, 7) is 0. The Morgan fingerprint density at radius 3 is 2.57 bits per heavy atom. The molecular formula is C15H11Cl3N2O. The number of rotatable bonds is 3. The Labute approximate surface area is 137 Å². The molecule has 0 bridgehead atoms. The smallest absolute Gasteiger partial charge is 0.314 e. The van der Waals surface area contributed by atoms with E-state index in [1.807, 2.05) is 12.1 Å². The Bertz CT molecular complexity index is 686. The molecule has 0 spiro atoms. The standard InChI is InChI=1S/C15H11Cl3N2O/c16-11-4-1-3-10(9-11)7-8-19-15(21)20-13-6-2-5-12(17)14(13)18/h1-9H,(H2,19,20,21)/b8-7+. The van der Waals surface area contributed by atoms with Crippen LogP contribution in [0.1, 0.15) is 5.56 Å². The summed E-state index contributed by atoms with van der Waals surface area (Å²) >= 11 is 17.7. The van der Waals surface area contributed by atoms with Gasteiger partial charge in [-0.1, -0.05) is 53.0 Å². The van der Waals surface area contributed by atoms with Crippen molar-refractivity contribution in [3.63, 3.8) is 0 Å². The van der Waals surface area contributed by atoms with Crippen LogP contribution in [-0.2, 0) is 0 Å². The fourth-order valence-corrected chi connectivity index (χ4v) is 2.13. The van der Waals surface area contributed by atoms with Crippen LogP contribution in [0.2, 0.25) is 15.1 Å². The fourth-order valence-electron chi connectivity index (χ4n) is 1.58. The molecule has 0 aliphatic carbocycles. The molecule has 108 valence electrons. The van der Waals surface area contributed by atoms with Crippen LogP contribution in [0.5, 0.6) is 0 Å². The second kappa shape index (κ2) is 7.36. The van der Waals surface area contributed by atoms with Crippen molar-refractivity contribution in [2.45, 2.75) is 0 Å². The van der Waals surface area contributed by atoms with Crippen molar-refractivity contribution in [1.82, 2.24) is 5.32 Å². The quantitative estimate of drug-likeness (QED) is 0.767. The van der Waals surface area contributed by atoms with E-state index in [1.165, 1.54) is 6.20 Å². The summed E-state index contributed by atoms with van der Waals surface area (Å²) in [4.78, 5) is 11.7. The van der Waals surface area contributed by atoms with Crippen molar-refractivity contribution >= 4 is 52.6 Å². The van der Waals surface area contributed by atoms with Gasteiger partial charge in [0, 0.05) is 11.2 Å². The number of hydrogen-bond acceptors (Lipinski definition) is 1. The van der Waals surface area contributed by atoms with E-state index in [-0.39, 0.29) is 0 Å². The Morgan fingerprint density at radius 2 is 1.81 bits per heavy atom. The molecule has 0 unspecified atom stereocenters. The first kappa shape index (κ1) is 15.7. The van der Waals surface area contributed by atoms with Gasteiger partial charge >= 0.3 is 6.03 Å². The maximum atomic E-state index is 11.7. The molecule has 0 fully saturated rings. The van der Waals surface area contributed by atoms with Gasteiger partial charge in [-0.3, -0.25) is 0 Å². The van der Waals surface area contributed by atoms with Crippen LogP contribution in [0.4, 0.5) is 10.5 Å². The number of amides is 2. The molecule has 2 aromatic carbocycles. The maximum Gasteiger partial charge on any atom is 0.323 e. The van der Waals surface area contributed by atoms with Crippen molar-refractivity contribution in [2.75, 3.05) is 5.32 Å². The monoisotopic (exact) mass is 340 g/mol. The van der Waals surface area contributed by atoms with Gasteiger partial charge in [-0.05, 0) is 35.9 Å². The van der Waals surface area contributed by atoms with Gasteiger partial charge in [0.05, 0.1) is 15.7 Å². The molecule has 2 N–H and O–H groups in total. The Morgan fingerprint density at radius 1 is 1.05 bits per heavy atom. The van der Waals surface area contributed by atoms with Crippen LogP contribution < -0.4 is 10.6 Å². The minimum absolute atomic E-state index is 0.299. The van der Waals surface area contributed by atoms with Gasteiger partial charge in [-0.25, -0.2) is 4.79 Å². The van der Waals surface area contributed by atoms with E-state index in [1.54, 1.807) is 36.4 Å². The number of urea groups is 1. The molecule has 0 atom stereocenters. The predicted octanol–water partition coefficient (Wildman–Crippen LogP) is 5.44. The number of carbonyl (C=O) groups is 1. The zero-order chi connectivity index (χ0) is 15.2. The average molecular weight is 342 g/mol. The molecule has 0 radical (unpaired) electrons. The SMILES string of the molecule is O=C(N/C=C/c1cccc(Cl)c1)Nc1cccc(Cl)c1Cl. The Balaban J connectivity index is 1.95. The van der Waals surface area contributed by atoms with Crippen LogP contribution in [0.3, 0.4) is 0 Å². The highest BCUT2D eigenvalue weighted by molar-refractivity contribution is 6.43. The van der Waals surface area contributed by atoms with E-state index in [9.17, 15) is 4.79 Å². The summed E-state index contributed by atoms with van der Waals surface area (Å²) in [6.07, 6.45) is 3.24. The molecule has 2 aromatic rings. The Hall–Kier alpha value is -1.68. The highest BCUT2D eigenvalue weighted by Crippen LogP contribution is 2.29. The molecule has 0 saturated carbocycles. The van der Waals surface area contributed by atoms with Crippen molar-refractivity contribution < 1.29 is 4.79 Å². The van der Waals surface area contributed by atoms with E-state index in [2.05, 4.69) is 10.6 Å². The molecule has 0 aliphatic heterocycles. The highest BCUT2D eigenvalue weighted by Gasteiger charge is 2.06. The van der Waals surface area contributed by atoms with Crippen molar-refractivity contribution in [3.05, 3.63) is 69.3 Å². The van der Waals surface area contributed by atoms with E-state index < -0.39 is 6.03 Å². The summed E-state index contributed by atoms with van der Waals surface area (Å²) in [5.74, 6) is 0. The third-order valence-electron chi connectivity index (χ3n) is 2.54. The van der Waals surface area contributed by atoms with Crippen LogP contribution in [0, 0.1) is 0 Å². The van der Waals surface area contributed by atoms with Crippen molar-refractivity contribution in [3.8, 4) is 0 Å². The number of halogens is 3. The molecule has 0 saturated heterocycles. The van der Waals surface area contributed by atoms with Gasteiger partial charge in [-0.2, -0.15) is 0 Å². The van der Waals surface area contributed by atoms with Crippen LogP contribution in [0.15, 0.2) is 48.7 Å². The fraction of sp³-hybridized carbons (Fsp3) is 0. The Kier molecular flexibility index (Phi) is 5.51. The normalized spacial score (nSPS) is 10.6. The van der Waals surface area contributed by atoms with Crippen LogP contribution in [-0.4, -0.2) is 6.03 Å². The third-order valence-corrected chi connectivity index (χ3v) is 3.59. The zero-order valence-electron chi connectivity index (χ0n) is 10.7. The zero-order valence-corrected chi connectivity index (χ0v) is 13.0. The summed E-state index contributed by atoms with van der Waals surface area (Å²) in [7, 11) is 0. The third kappa shape index (κ3) is 4.67. The van der Waals surface area contributed by atoms with Crippen LogP contribution in [0.25, 0.3) is 6.08 Å². The summed E-state index contributed by atoms with van der Waals surface area (Å²) in [6, 6.07) is 11.8. The second-order valence-corrected chi connectivity index (χ2v) is 5.31. The first-order valence-corrected chi connectivity index (χ1v) is 7.13. The lowest BCUT2D eigenvalue weighted by molar-refractivity contribution is 0.255. The lowest BCUT2D eigenvalue weighted by atomic mass is 10.2. The molecule has 21 heavy (non-hydrogen) atoms. The number of anilines is 1. The first-order valence-electron chi connectivity index (χ1n) is 6.00. The van der Waals surface area contributed by atoms with E-state index >= 15 is 0 Å². The van der Waals surface area contributed by atoms with Gasteiger partial charge in [0.25, 0.3) is 0 Å². The topological polar surface area (TPSA) is 41.1 Å². The predicted molar refractivity (Wildman–Crippen MR) is 89.1 cm³/mol. The maximum absolute atomic E-state index is 11.7. The average Bonchev–Trinajstić information content (AvgIpc) is 2.44. The van der Waals surface area contributed by atoms with Crippen LogP contribution >= 0.6 is 34.8 Å². The summed E-state index contributed by atoms with van der Waals surface area (Å²) in [5.41, 5.74) is 1.32. The molecule has 0 aromatic heterocycles. The van der Waals surface area contributed by atoms with Gasteiger partial charge < -0.3 is 10.6 Å². The number of nitrogens with one attached hydrogen (secondary N) is 2. The highest BCUT2D eigenvalue weighted by atomic mass is 35.5. The van der Waals surface area contributed by atoms with Gasteiger partial charge in [0.1, 0.15) is 0 Å². The lowest BCUT2D eigenvalue weighted by Crippen LogP contribution is -2.23. The van der Waals surface area contributed by atoms with Crippen molar-refractivity contribution in [1.29, 1.82) is 0 Å². The van der Waals surface area contributed by atoms with E-state index in [4.69, 9.17) is 34.8 Å². The summed E-state index contributed by atoms with van der Waals surface area (Å²) in [5, 5.41) is 6.48.